The van der Waals surface area contributed by atoms with Crippen molar-refractivity contribution in [2.45, 2.75) is 20.0 Å². The van der Waals surface area contributed by atoms with Crippen LogP contribution < -0.4 is 14.8 Å². The molecule has 3 aromatic carbocycles. The number of benzene rings is 3. The summed E-state index contributed by atoms with van der Waals surface area (Å²) in [4.78, 5) is 28.2. The molecule has 0 aliphatic carbocycles. The van der Waals surface area contributed by atoms with Gasteiger partial charge in [0, 0.05) is 17.7 Å². The van der Waals surface area contributed by atoms with Crippen molar-refractivity contribution in [1.29, 1.82) is 0 Å². The average molecular weight is 584 g/mol. The molecule has 4 rings (SSSR count). The third kappa shape index (κ3) is 7.00. The molecule has 1 heterocycles. The second-order valence-electron chi connectivity index (χ2n) is 8.20. The largest absolute Gasteiger partial charge is 0.490 e. The second kappa shape index (κ2) is 12.8. The van der Waals surface area contributed by atoms with Crippen LogP contribution in [0.1, 0.15) is 23.6 Å². The van der Waals surface area contributed by atoms with Gasteiger partial charge in [-0.05, 0) is 66.6 Å². The summed E-state index contributed by atoms with van der Waals surface area (Å²) in [6.45, 7) is 6.18. The summed E-state index contributed by atoms with van der Waals surface area (Å²) in [6.07, 6.45) is 3.95. The fourth-order valence-electron chi connectivity index (χ4n) is 3.74. The molecule has 0 aromatic heterocycles. The van der Waals surface area contributed by atoms with Crippen LogP contribution in [-0.4, -0.2) is 22.6 Å². The number of amidine groups is 1. The second-order valence-corrected chi connectivity index (χ2v) is 10.0. The summed E-state index contributed by atoms with van der Waals surface area (Å²) < 4.78 is 12.0. The maximum absolute atomic E-state index is 12.7. The molecule has 11 heteroatoms. The van der Waals surface area contributed by atoms with Gasteiger partial charge in [0.15, 0.2) is 16.7 Å². The number of nitrogens with zero attached hydrogens (tertiary/aromatic N) is 2. The number of allylic oxidation sites excluding steroid dienone is 1. The normalized spacial score (nSPS) is 14.9. The molecular weight excluding hydrogens is 561 g/mol. The van der Waals surface area contributed by atoms with Crippen LogP contribution in [0.4, 0.5) is 11.4 Å². The Hall–Kier alpha value is -3.79. The highest BCUT2D eigenvalue weighted by Crippen LogP contribution is 2.38. The van der Waals surface area contributed by atoms with Crippen LogP contribution in [0.2, 0.25) is 10.0 Å². The zero-order chi connectivity index (χ0) is 27.9. The number of ether oxygens (including phenoxy) is 2. The maximum Gasteiger partial charge on any atom is 0.269 e. The van der Waals surface area contributed by atoms with E-state index in [0.29, 0.717) is 55.9 Å². The third-order valence-electron chi connectivity index (χ3n) is 5.42. The van der Waals surface area contributed by atoms with Gasteiger partial charge in [0.1, 0.15) is 6.61 Å². The first kappa shape index (κ1) is 28.2. The number of non-ortho nitro benzene ring substituents is 1. The Morgan fingerprint density at radius 2 is 1.95 bits per heavy atom. The minimum absolute atomic E-state index is 0.0118. The summed E-state index contributed by atoms with van der Waals surface area (Å²) in [5.74, 6) is 0.690. The van der Waals surface area contributed by atoms with E-state index in [1.807, 2.05) is 13.0 Å². The molecule has 0 atom stereocenters. The molecule has 39 heavy (non-hydrogen) atoms. The number of nitro benzene ring substituents is 1. The average Bonchev–Trinajstić information content (AvgIpc) is 3.25. The van der Waals surface area contributed by atoms with Crippen molar-refractivity contribution in [2.24, 2.45) is 4.99 Å². The van der Waals surface area contributed by atoms with Crippen molar-refractivity contribution in [3.05, 3.63) is 109 Å². The van der Waals surface area contributed by atoms with Gasteiger partial charge in [0.2, 0.25) is 0 Å². The summed E-state index contributed by atoms with van der Waals surface area (Å²) in [7, 11) is 0. The molecule has 3 aromatic rings. The molecule has 1 amide bonds. The van der Waals surface area contributed by atoms with E-state index in [1.165, 1.54) is 23.9 Å². The molecule has 1 saturated heterocycles. The number of nitro groups is 1. The van der Waals surface area contributed by atoms with Crippen LogP contribution in [0.3, 0.4) is 0 Å². The van der Waals surface area contributed by atoms with E-state index in [1.54, 1.807) is 48.6 Å². The van der Waals surface area contributed by atoms with Gasteiger partial charge in [-0.1, -0.05) is 47.5 Å². The number of hydrogen-bond donors (Lipinski definition) is 1. The van der Waals surface area contributed by atoms with Crippen molar-refractivity contribution in [3.8, 4) is 11.5 Å². The number of carbonyl (C=O) groups excluding carboxylic acids is 1. The number of halogens is 2. The zero-order valence-corrected chi connectivity index (χ0v) is 23.1. The summed E-state index contributed by atoms with van der Waals surface area (Å²) >= 11 is 13.5. The van der Waals surface area contributed by atoms with Gasteiger partial charge >= 0.3 is 0 Å². The first-order valence-electron chi connectivity index (χ1n) is 11.8. The lowest BCUT2D eigenvalue weighted by Gasteiger charge is -2.17. The molecule has 0 saturated carbocycles. The Labute approximate surface area is 239 Å². The van der Waals surface area contributed by atoms with Gasteiger partial charge in [0.05, 0.1) is 32.2 Å². The monoisotopic (exact) mass is 583 g/mol. The zero-order valence-electron chi connectivity index (χ0n) is 20.8. The first-order valence-corrected chi connectivity index (χ1v) is 13.4. The van der Waals surface area contributed by atoms with E-state index in [0.717, 1.165) is 11.1 Å². The molecule has 200 valence electrons. The maximum atomic E-state index is 12.7. The molecule has 1 N–H and O–H groups in total. The number of amides is 1. The molecule has 0 radical (unpaired) electrons. The number of nitrogens with one attached hydrogen (secondary N) is 1. The fraction of sp³-hybridized carbons (Fsp3) is 0.143. The van der Waals surface area contributed by atoms with Crippen LogP contribution in [0, 0.1) is 10.1 Å². The first-order chi connectivity index (χ1) is 18.8. The predicted molar refractivity (Wildman–Crippen MR) is 156 cm³/mol. The van der Waals surface area contributed by atoms with Crippen molar-refractivity contribution in [1.82, 2.24) is 5.32 Å². The van der Waals surface area contributed by atoms with Crippen molar-refractivity contribution in [2.75, 3.05) is 6.61 Å². The Balaban J connectivity index is 1.63. The van der Waals surface area contributed by atoms with E-state index in [4.69, 9.17) is 32.7 Å². The number of carbonyl (C=O) groups is 1. The van der Waals surface area contributed by atoms with E-state index < -0.39 is 4.92 Å². The summed E-state index contributed by atoms with van der Waals surface area (Å²) in [6, 6.07) is 15.0. The van der Waals surface area contributed by atoms with E-state index in [-0.39, 0.29) is 18.2 Å². The van der Waals surface area contributed by atoms with Crippen LogP contribution in [0.25, 0.3) is 6.08 Å². The van der Waals surface area contributed by atoms with E-state index in [9.17, 15) is 14.9 Å². The molecular formula is C28H23Cl2N3O5S. The van der Waals surface area contributed by atoms with Gasteiger partial charge in [-0.2, -0.15) is 0 Å². The highest BCUT2D eigenvalue weighted by Gasteiger charge is 2.25. The lowest BCUT2D eigenvalue weighted by atomic mass is 10.0. The molecule has 0 spiro atoms. The topological polar surface area (TPSA) is 103 Å². The fourth-order valence-corrected chi connectivity index (χ4v) is 4.91. The predicted octanol–water partition coefficient (Wildman–Crippen LogP) is 7.50. The number of rotatable bonds is 10. The van der Waals surface area contributed by atoms with Gasteiger partial charge in [-0.15, -0.1) is 6.58 Å². The summed E-state index contributed by atoms with van der Waals surface area (Å²) in [5.41, 5.74) is 2.59. The quantitative estimate of drug-likeness (QED) is 0.115. The number of hydrogen-bond acceptors (Lipinski definition) is 7. The van der Waals surface area contributed by atoms with E-state index in [2.05, 4.69) is 16.9 Å². The molecule has 8 nitrogen and oxygen atoms in total. The molecule has 1 aliphatic heterocycles. The van der Waals surface area contributed by atoms with Gasteiger partial charge in [-0.3, -0.25) is 14.9 Å². The Bertz CT molecular complexity index is 1510. The molecule has 0 bridgehead atoms. The van der Waals surface area contributed by atoms with Crippen LogP contribution in [0.5, 0.6) is 11.5 Å². The van der Waals surface area contributed by atoms with Gasteiger partial charge < -0.3 is 14.8 Å². The van der Waals surface area contributed by atoms with Crippen molar-refractivity contribution in [3.63, 3.8) is 0 Å². The highest BCUT2D eigenvalue weighted by molar-refractivity contribution is 8.18. The lowest BCUT2D eigenvalue weighted by molar-refractivity contribution is -0.384. The SMILES string of the molecule is C=CCc1cc(C=C2SC(=Nc3cccc(Cl)c3Cl)NC2=O)cc(OCC)c1OCc1cccc([N+](=O)[O-])c1. The van der Waals surface area contributed by atoms with Crippen LogP contribution in [0.15, 0.2) is 77.1 Å². The van der Waals surface area contributed by atoms with Crippen molar-refractivity contribution >= 4 is 63.5 Å². The van der Waals surface area contributed by atoms with E-state index >= 15 is 0 Å². The molecule has 0 unspecified atom stereocenters. The molecule has 1 aliphatic rings. The number of thioether (sulfide) groups is 1. The minimum Gasteiger partial charge on any atom is -0.490 e. The third-order valence-corrected chi connectivity index (χ3v) is 7.14. The number of aliphatic imine (C=N–C) groups is 1. The van der Waals surface area contributed by atoms with Gasteiger partial charge in [-0.25, -0.2) is 4.99 Å². The molecule has 1 fully saturated rings. The Kier molecular flexibility index (Phi) is 9.29. The van der Waals surface area contributed by atoms with Crippen LogP contribution in [-0.2, 0) is 17.8 Å². The Morgan fingerprint density at radius 3 is 2.69 bits per heavy atom. The van der Waals surface area contributed by atoms with Crippen LogP contribution >= 0.6 is 35.0 Å². The van der Waals surface area contributed by atoms with Gasteiger partial charge in [0.25, 0.3) is 11.6 Å². The highest BCUT2D eigenvalue weighted by atomic mass is 35.5. The lowest BCUT2D eigenvalue weighted by Crippen LogP contribution is -2.19. The van der Waals surface area contributed by atoms with Crippen molar-refractivity contribution < 1.29 is 19.2 Å². The Morgan fingerprint density at radius 1 is 1.15 bits per heavy atom. The minimum atomic E-state index is -0.447. The summed E-state index contributed by atoms with van der Waals surface area (Å²) in [5, 5.41) is 14.9. The smallest absolute Gasteiger partial charge is 0.269 e. The standard InChI is InChI=1S/C28H23Cl2N3O5S/c1-3-7-19-12-18(15-24-27(34)32-28(39-24)31-22-11-6-10-21(29)25(22)30)14-23(37-4-2)26(19)38-16-17-8-5-9-20(13-17)33(35)36/h3,5-6,8-15H,1,4,7,16H2,2H3,(H,31,32,34).